The van der Waals surface area contributed by atoms with Crippen LogP contribution < -0.4 is 5.32 Å². The van der Waals surface area contributed by atoms with Crippen LogP contribution in [0.2, 0.25) is 0 Å². The first-order valence-electron chi connectivity index (χ1n) is 6.24. The third-order valence-electron chi connectivity index (χ3n) is 3.23. The van der Waals surface area contributed by atoms with Gasteiger partial charge in [0.15, 0.2) is 5.82 Å². The summed E-state index contributed by atoms with van der Waals surface area (Å²) in [5.74, 6) is 3.96. The Kier molecular flexibility index (Phi) is 3.86. The van der Waals surface area contributed by atoms with Gasteiger partial charge in [-0.15, -0.1) is 11.3 Å². The molecular weight excluding hydrogens is 280 g/mol. The third kappa shape index (κ3) is 2.82. The molecule has 0 bridgehead atoms. The zero-order valence-corrected chi connectivity index (χ0v) is 12.6. The van der Waals surface area contributed by atoms with E-state index in [1.807, 2.05) is 31.1 Å². The second kappa shape index (κ2) is 5.60. The Morgan fingerprint density at radius 1 is 1.42 bits per heavy atom. The average Bonchev–Trinajstić information content (AvgIpc) is 3.10. The maximum atomic E-state index is 5.42. The molecule has 0 aromatic carbocycles. The molecule has 2 aromatic heterocycles. The first-order valence-corrected chi connectivity index (χ1v) is 8.28. The molecule has 2 aromatic rings. The van der Waals surface area contributed by atoms with Crippen LogP contribution in [0.15, 0.2) is 9.90 Å². The second-order valence-electron chi connectivity index (χ2n) is 4.65. The summed E-state index contributed by atoms with van der Waals surface area (Å²) in [4.78, 5) is 8.95. The Hall–Kier alpha value is -0.920. The third-order valence-corrected chi connectivity index (χ3v) is 5.38. The van der Waals surface area contributed by atoms with Crippen molar-refractivity contribution in [2.45, 2.75) is 25.3 Å². The van der Waals surface area contributed by atoms with Gasteiger partial charge in [0.2, 0.25) is 5.89 Å². The predicted octanol–water partition coefficient (Wildman–Crippen LogP) is 1.84. The van der Waals surface area contributed by atoms with Crippen LogP contribution in [0.4, 0.5) is 0 Å². The van der Waals surface area contributed by atoms with Crippen LogP contribution in [0.5, 0.6) is 0 Å². The van der Waals surface area contributed by atoms with E-state index in [2.05, 4.69) is 20.4 Å². The van der Waals surface area contributed by atoms with E-state index >= 15 is 0 Å². The van der Waals surface area contributed by atoms with E-state index in [1.54, 1.807) is 11.3 Å². The van der Waals surface area contributed by atoms with Gasteiger partial charge in [0.1, 0.15) is 5.01 Å². The number of nitrogens with zero attached hydrogens (tertiary/aromatic N) is 3. The van der Waals surface area contributed by atoms with E-state index in [9.17, 15) is 0 Å². The van der Waals surface area contributed by atoms with Crippen LogP contribution in [0.3, 0.4) is 0 Å². The molecule has 3 rings (SSSR count). The molecule has 1 aliphatic rings. The minimum atomic E-state index is 0.328. The lowest BCUT2D eigenvalue weighted by Crippen LogP contribution is -2.31. The number of hydrogen-bond acceptors (Lipinski definition) is 7. The molecule has 1 aliphatic heterocycles. The Bertz CT molecular complexity index is 553. The molecule has 0 amide bonds. The van der Waals surface area contributed by atoms with Crippen molar-refractivity contribution in [1.82, 2.24) is 20.4 Å². The molecule has 102 valence electrons. The Balaban J connectivity index is 1.72. The minimum Gasteiger partial charge on any atom is -0.339 e. The van der Waals surface area contributed by atoms with E-state index in [1.165, 1.54) is 0 Å². The van der Waals surface area contributed by atoms with Crippen LogP contribution in [0.1, 0.15) is 28.3 Å². The van der Waals surface area contributed by atoms with Crippen LogP contribution in [-0.2, 0) is 6.42 Å². The molecular formula is C12H16N4OS2. The normalized spacial score (nSPS) is 23.1. The summed E-state index contributed by atoms with van der Waals surface area (Å²) in [5, 5.41) is 10.5. The van der Waals surface area contributed by atoms with Gasteiger partial charge in [-0.25, -0.2) is 4.98 Å². The van der Waals surface area contributed by atoms with E-state index < -0.39 is 0 Å². The lowest BCUT2D eigenvalue weighted by atomic mass is 10.0. The predicted molar refractivity (Wildman–Crippen MR) is 76.9 cm³/mol. The molecule has 2 unspecified atom stereocenters. The molecule has 5 nitrogen and oxygen atoms in total. The molecule has 1 fully saturated rings. The molecule has 0 aliphatic carbocycles. The van der Waals surface area contributed by atoms with Gasteiger partial charge >= 0.3 is 0 Å². The maximum Gasteiger partial charge on any atom is 0.232 e. The van der Waals surface area contributed by atoms with Gasteiger partial charge < -0.3 is 9.84 Å². The number of likely N-dealkylation sites (N-methyl/N-ethyl adjacent to an activating group) is 1. The van der Waals surface area contributed by atoms with Gasteiger partial charge in [-0.3, -0.25) is 0 Å². The molecule has 0 spiro atoms. The van der Waals surface area contributed by atoms with E-state index in [-0.39, 0.29) is 0 Å². The molecule has 0 radical (unpaired) electrons. The highest BCUT2D eigenvalue weighted by molar-refractivity contribution is 7.99. The summed E-state index contributed by atoms with van der Waals surface area (Å²) in [6.45, 7) is 1.99. The van der Waals surface area contributed by atoms with Crippen molar-refractivity contribution in [1.29, 1.82) is 0 Å². The number of thiazole rings is 1. The molecule has 19 heavy (non-hydrogen) atoms. The molecule has 1 saturated heterocycles. The first kappa shape index (κ1) is 13.1. The zero-order valence-electron chi connectivity index (χ0n) is 10.9. The lowest BCUT2D eigenvalue weighted by Gasteiger charge is -2.13. The number of aryl methyl sites for hydroxylation is 1. The van der Waals surface area contributed by atoms with Crippen molar-refractivity contribution in [3.63, 3.8) is 0 Å². The first-order chi connectivity index (χ1) is 9.26. The van der Waals surface area contributed by atoms with Crippen molar-refractivity contribution in [2.24, 2.45) is 0 Å². The summed E-state index contributed by atoms with van der Waals surface area (Å²) in [6, 6.07) is 0.431. The van der Waals surface area contributed by atoms with Crippen molar-refractivity contribution in [3.8, 4) is 0 Å². The van der Waals surface area contributed by atoms with Crippen molar-refractivity contribution in [2.75, 3.05) is 18.6 Å². The summed E-state index contributed by atoms with van der Waals surface area (Å²) in [6.07, 6.45) is 0.659. The van der Waals surface area contributed by atoms with Crippen molar-refractivity contribution in [3.05, 3.63) is 27.8 Å². The second-order valence-corrected chi connectivity index (χ2v) is 6.66. The summed E-state index contributed by atoms with van der Waals surface area (Å²) in [5.41, 5.74) is 1.05. The van der Waals surface area contributed by atoms with Gasteiger partial charge in [-0.1, -0.05) is 5.16 Å². The van der Waals surface area contributed by atoms with Crippen LogP contribution in [0, 0.1) is 6.92 Å². The van der Waals surface area contributed by atoms with E-state index in [0.29, 0.717) is 18.4 Å². The van der Waals surface area contributed by atoms with Gasteiger partial charge in [0, 0.05) is 28.6 Å². The smallest absolute Gasteiger partial charge is 0.232 e. The molecule has 1 N–H and O–H groups in total. The number of rotatable bonds is 4. The van der Waals surface area contributed by atoms with Crippen molar-refractivity contribution < 1.29 is 4.52 Å². The molecule has 2 atom stereocenters. The monoisotopic (exact) mass is 296 g/mol. The van der Waals surface area contributed by atoms with Crippen LogP contribution in [0.25, 0.3) is 0 Å². The SMILES string of the molecule is CNC1CSCC1c1nc(Cc2nc(C)cs2)no1. The molecule has 0 saturated carbocycles. The van der Waals surface area contributed by atoms with Gasteiger partial charge in [0.25, 0.3) is 0 Å². The minimum absolute atomic E-state index is 0.328. The summed E-state index contributed by atoms with van der Waals surface area (Å²) < 4.78 is 5.42. The van der Waals surface area contributed by atoms with Crippen LogP contribution in [-0.4, -0.2) is 39.7 Å². The van der Waals surface area contributed by atoms with Gasteiger partial charge in [-0.2, -0.15) is 16.7 Å². The number of aromatic nitrogens is 3. The fraction of sp³-hybridized carbons (Fsp3) is 0.583. The number of hydrogen-bond donors (Lipinski definition) is 1. The average molecular weight is 296 g/mol. The highest BCUT2D eigenvalue weighted by atomic mass is 32.2. The van der Waals surface area contributed by atoms with E-state index in [0.717, 1.165) is 33.9 Å². The van der Waals surface area contributed by atoms with Crippen molar-refractivity contribution >= 4 is 23.1 Å². The number of nitrogens with one attached hydrogen (secondary N) is 1. The summed E-state index contributed by atoms with van der Waals surface area (Å²) >= 11 is 3.57. The highest BCUT2D eigenvalue weighted by Crippen LogP contribution is 2.31. The Morgan fingerprint density at radius 3 is 3.05 bits per heavy atom. The fourth-order valence-electron chi connectivity index (χ4n) is 2.19. The largest absolute Gasteiger partial charge is 0.339 e. The standard InChI is InChI=1S/C12H16N4OS2/c1-7-4-19-11(14-7)3-10-15-12(17-16-10)8-5-18-6-9(8)13-2/h4,8-9,13H,3,5-6H2,1-2H3. The van der Waals surface area contributed by atoms with Crippen LogP contribution >= 0.6 is 23.1 Å². The fourth-order valence-corrected chi connectivity index (χ4v) is 4.38. The quantitative estimate of drug-likeness (QED) is 0.929. The molecule has 3 heterocycles. The van der Waals surface area contributed by atoms with Gasteiger partial charge in [-0.05, 0) is 14.0 Å². The maximum absolute atomic E-state index is 5.42. The Labute approximate surface area is 120 Å². The number of thioether (sulfide) groups is 1. The van der Waals surface area contributed by atoms with E-state index in [4.69, 9.17) is 4.52 Å². The van der Waals surface area contributed by atoms with Gasteiger partial charge in [0.05, 0.1) is 12.3 Å². The highest BCUT2D eigenvalue weighted by Gasteiger charge is 2.32. The Morgan fingerprint density at radius 2 is 2.32 bits per heavy atom. The topological polar surface area (TPSA) is 63.8 Å². The zero-order chi connectivity index (χ0) is 13.2. The lowest BCUT2D eigenvalue weighted by molar-refractivity contribution is 0.341. The summed E-state index contributed by atoms with van der Waals surface area (Å²) in [7, 11) is 1.99. The molecule has 7 heteroatoms.